The molecule has 8 N–H and O–H groups in total. The molecular formula is C64H72FN9O9. The Kier molecular flexibility index (Phi) is 18.9. The van der Waals surface area contributed by atoms with Gasteiger partial charge in [-0.25, -0.2) is 9.18 Å². The molecule has 3 fully saturated rings. The zero-order valence-electron chi connectivity index (χ0n) is 46.4. The number of aromatic nitrogens is 1. The van der Waals surface area contributed by atoms with E-state index in [0.29, 0.717) is 24.2 Å². The van der Waals surface area contributed by atoms with Crippen LogP contribution in [0.3, 0.4) is 0 Å². The molecule has 4 aliphatic rings. The molecule has 6 amide bonds. The van der Waals surface area contributed by atoms with Crippen LogP contribution in [0.2, 0.25) is 0 Å². The van der Waals surface area contributed by atoms with Gasteiger partial charge in [0.1, 0.15) is 48.4 Å². The molecule has 5 heterocycles. The summed E-state index contributed by atoms with van der Waals surface area (Å²) < 4.78 is 25.5. The molecule has 5 aromatic carbocycles. The van der Waals surface area contributed by atoms with Crippen LogP contribution in [0.15, 0.2) is 134 Å². The van der Waals surface area contributed by atoms with Gasteiger partial charge in [-0.2, -0.15) is 0 Å². The quantitative estimate of drug-likeness (QED) is 0.0692. The Balaban J connectivity index is 1.05. The Bertz CT molecular complexity index is 3260. The largest absolute Gasteiger partial charge is 0.489 e. The van der Waals surface area contributed by atoms with Gasteiger partial charge in [0.15, 0.2) is 5.78 Å². The van der Waals surface area contributed by atoms with E-state index in [4.69, 9.17) is 15.2 Å². The molecule has 0 aliphatic carbocycles. The Morgan fingerprint density at radius 1 is 0.675 bits per heavy atom. The van der Waals surface area contributed by atoms with Crippen LogP contribution in [0.4, 0.5) is 9.18 Å². The summed E-state index contributed by atoms with van der Waals surface area (Å²) in [5.41, 5.74) is 11.2. The maximum absolute atomic E-state index is 15.9. The van der Waals surface area contributed by atoms with Crippen LogP contribution >= 0.6 is 0 Å². The molecule has 0 unspecified atom stereocenters. The zero-order valence-corrected chi connectivity index (χ0v) is 46.4. The average Bonchev–Trinajstić information content (AvgIpc) is 4.34. The molecule has 0 saturated carbocycles. The topological polar surface area (TPSA) is 246 Å². The summed E-state index contributed by atoms with van der Waals surface area (Å²) in [5, 5.41) is 16.0. The third-order valence-electron chi connectivity index (χ3n) is 16.5. The van der Waals surface area contributed by atoms with Gasteiger partial charge in [0, 0.05) is 74.8 Å². The first-order chi connectivity index (χ1) is 40.3. The van der Waals surface area contributed by atoms with Crippen LogP contribution in [-0.4, -0.2) is 125 Å². The first-order valence-corrected chi connectivity index (χ1v) is 28.9. The van der Waals surface area contributed by atoms with Crippen molar-refractivity contribution >= 4 is 52.3 Å². The van der Waals surface area contributed by atoms with Crippen LogP contribution in [0, 0.1) is 17.7 Å². The molecule has 6 aromatic rings. The van der Waals surface area contributed by atoms with Crippen molar-refractivity contribution in [3.8, 4) is 5.75 Å². The van der Waals surface area contributed by atoms with Gasteiger partial charge in [0.25, 0.3) is 0 Å². The third kappa shape index (κ3) is 14.6. The van der Waals surface area contributed by atoms with Crippen molar-refractivity contribution in [2.75, 3.05) is 32.7 Å². The van der Waals surface area contributed by atoms with Crippen molar-refractivity contribution < 1.29 is 47.4 Å². The number of carbonyl (C=O) groups is 7. The Morgan fingerprint density at radius 3 is 2.14 bits per heavy atom. The van der Waals surface area contributed by atoms with Crippen LogP contribution in [-0.2, 0) is 72.3 Å². The van der Waals surface area contributed by atoms with Crippen molar-refractivity contribution in [1.82, 2.24) is 41.4 Å². The minimum atomic E-state index is -1.28. The zero-order chi connectivity index (χ0) is 57.8. The number of amides is 6. The average molecular weight is 1130 g/mol. The molecule has 7 atom stereocenters. The summed E-state index contributed by atoms with van der Waals surface area (Å²) in [6.45, 7) is 1.65. The predicted octanol–water partition coefficient (Wildman–Crippen LogP) is 5.35. The smallest absolute Gasteiger partial charge is 0.407 e. The second-order valence-electron chi connectivity index (χ2n) is 22.3. The number of hydrogen-bond acceptors (Lipinski definition) is 11. The predicted molar refractivity (Wildman–Crippen MR) is 309 cm³/mol. The molecule has 10 rings (SSSR count). The summed E-state index contributed by atoms with van der Waals surface area (Å²) in [6.07, 6.45) is 1.99. The van der Waals surface area contributed by atoms with Gasteiger partial charge in [0.2, 0.25) is 29.5 Å². The first-order valence-electron chi connectivity index (χ1n) is 28.9. The summed E-state index contributed by atoms with van der Waals surface area (Å²) in [5.74, 6) is -4.13. The lowest BCUT2D eigenvalue weighted by molar-refractivity contribution is -0.151. The van der Waals surface area contributed by atoms with E-state index in [1.165, 1.54) is 21.9 Å². The van der Waals surface area contributed by atoms with Gasteiger partial charge in [-0.1, -0.05) is 97.1 Å². The van der Waals surface area contributed by atoms with Gasteiger partial charge in [-0.05, 0) is 115 Å². The molecule has 0 radical (unpaired) electrons. The van der Waals surface area contributed by atoms with Crippen LogP contribution in [0.1, 0.15) is 71.9 Å². The number of alkyl carbamates (subject to hydrolysis) is 1. The molecule has 434 valence electrons. The SMILES string of the molecule is NCCNC(=O)O[C@@H]1C[C@H]2C(=O)N[C@@H](CCc3ccccc3)C(=O)N[C@H](Cc3c[nH]c4ccccc34)C(=O)C[C@@H](CC3CCNCC3)C(=O)N[C@@H](Cc3ccc(OCc4ccc(F)cc4)cc3)C(=O)N3Cc4ccccc4C[C@H]3C(=O)N2C1. The van der Waals surface area contributed by atoms with Crippen molar-refractivity contribution in [3.63, 3.8) is 0 Å². The minimum Gasteiger partial charge on any atom is -0.489 e. The fraction of sp³-hybridized carbons (Fsp3) is 0.391. The lowest BCUT2D eigenvalue weighted by Crippen LogP contribution is -2.61. The van der Waals surface area contributed by atoms with E-state index in [0.717, 1.165) is 64.7 Å². The number of halogens is 1. The number of hydrogen-bond donors (Lipinski definition) is 7. The number of carbonyl (C=O) groups excluding carboxylic acids is 7. The number of ether oxygens (including phenoxy) is 2. The van der Waals surface area contributed by atoms with E-state index in [2.05, 4.69) is 31.6 Å². The molecule has 19 heteroatoms. The van der Waals surface area contributed by atoms with Crippen LogP contribution < -0.4 is 37.1 Å². The number of aromatic amines is 1. The van der Waals surface area contributed by atoms with E-state index in [9.17, 15) is 9.18 Å². The van der Waals surface area contributed by atoms with Gasteiger partial charge in [0.05, 0.1) is 12.6 Å². The molecule has 83 heavy (non-hydrogen) atoms. The highest BCUT2D eigenvalue weighted by Crippen LogP contribution is 2.32. The van der Waals surface area contributed by atoms with E-state index < -0.39 is 83.6 Å². The van der Waals surface area contributed by atoms with Crippen molar-refractivity contribution in [1.29, 1.82) is 0 Å². The highest BCUT2D eigenvalue weighted by molar-refractivity contribution is 5.99. The standard InChI is InChI=1S/C64H72FN9O9/c65-48-19-14-43(15-20-48)39-82-49-21-16-41(17-22-49)31-55-62(79)73-37-45-11-5-4-10-44(45)33-57(73)63(80)74-38-50(83-64(81)68-29-26-66)35-56(74)61(78)70-53(23-18-40-8-2-1-3-9-40)60(77)71-54(32-47-36-69-52-13-7-6-12-51(47)52)58(75)34-46(59(76)72-55)30-42-24-27-67-28-25-42/h1-17,19-22,36,42,46,50,53-57,67,69H,18,23-35,37-39,66H2,(H,68,81)(H,70,78)(H,71,77)(H,72,76)/t46-,50-,53+,54-,55+,56+,57+/m1/s1. The Morgan fingerprint density at radius 2 is 1.37 bits per heavy atom. The van der Waals surface area contributed by atoms with E-state index in [1.807, 2.05) is 78.9 Å². The second-order valence-corrected chi connectivity index (χ2v) is 22.3. The lowest BCUT2D eigenvalue weighted by atomic mass is 9.83. The number of nitrogens with two attached hydrogens (primary N) is 1. The number of H-pyrrole nitrogens is 1. The Labute approximate surface area is 481 Å². The summed E-state index contributed by atoms with van der Waals surface area (Å²) >= 11 is 0. The number of para-hydroxylation sites is 1. The highest BCUT2D eigenvalue weighted by atomic mass is 19.1. The lowest BCUT2D eigenvalue weighted by Gasteiger charge is -2.40. The van der Waals surface area contributed by atoms with Gasteiger partial charge in [-0.3, -0.25) is 28.8 Å². The molecular weight excluding hydrogens is 1060 g/mol. The number of benzene rings is 5. The third-order valence-corrected chi connectivity index (χ3v) is 16.5. The van der Waals surface area contributed by atoms with Gasteiger partial charge < -0.3 is 56.6 Å². The summed E-state index contributed by atoms with van der Waals surface area (Å²) in [6, 6.07) is 31.5. The molecule has 1 aromatic heterocycles. The Hall–Kier alpha value is -8.42. The molecule has 3 saturated heterocycles. The number of ketones is 1. The van der Waals surface area contributed by atoms with Crippen LogP contribution in [0.25, 0.3) is 10.9 Å². The van der Waals surface area contributed by atoms with Crippen molar-refractivity contribution in [2.24, 2.45) is 17.6 Å². The van der Waals surface area contributed by atoms with E-state index in [1.54, 1.807) is 42.6 Å². The summed E-state index contributed by atoms with van der Waals surface area (Å²) in [4.78, 5) is 112. The number of nitrogens with zero attached hydrogens (tertiary/aromatic N) is 2. The van der Waals surface area contributed by atoms with E-state index >= 15 is 28.8 Å². The maximum atomic E-state index is 15.9. The van der Waals surface area contributed by atoms with Crippen LogP contribution in [0.5, 0.6) is 5.75 Å². The molecule has 0 spiro atoms. The van der Waals surface area contributed by atoms with Crippen molar-refractivity contribution in [3.05, 3.63) is 173 Å². The first kappa shape index (κ1) is 57.8. The van der Waals surface area contributed by atoms with E-state index in [-0.39, 0.29) is 83.0 Å². The normalized spacial score (nSPS) is 23.0. The highest BCUT2D eigenvalue weighted by Gasteiger charge is 2.48. The number of Topliss-reactive ketones (excluding diaryl/α,β-unsaturated/α-hetero) is 1. The fourth-order valence-electron chi connectivity index (χ4n) is 12.0. The monoisotopic (exact) mass is 1130 g/mol. The number of fused-ring (bicyclic) bond motifs is 4. The number of aryl methyl sites for hydroxylation is 1. The number of rotatable bonds is 15. The van der Waals surface area contributed by atoms with Gasteiger partial charge in [-0.15, -0.1) is 0 Å². The maximum Gasteiger partial charge on any atom is 0.407 e. The van der Waals surface area contributed by atoms with Gasteiger partial charge >= 0.3 is 6.09 Å². The summed E-state index contributed by atoms with van der Waals surface area (Å²) in [7, 11) is 0. The molecule has 18 nitrogen and oxygen atoms in total. The fourth-order valence-corrected chi connectivity index (χ4v) is 12.0. The second kappa shape index (κ2) is 27.1. The number of nitrogens with one attached hydrogen (secondary N) is 6. The molecule has 0 bridgehead atoms. The number of piperidine rings is 1. The minimum absolute atomic E-state index is 0.0195. The molecule has 4 aliphatic heterocycles. The van der Waals surface area contributed by atoms with Crippen molar-refractivity contribution in [2.45, 2.75) is 114 Å².